The molecule has 0 unspecified atom stereocenters. The number of benzene rings is 1. The van der Waals surface area contributed by atoms with E-state index in [9.17, 15) is 13.6 Å². The van der Waals surface area contributed by atoms with E-state index in [2.05, 4.69) is 4.90 Å². The number of halogens is 2. The molecule has 2 fully saturated rings. The largest absolute Gasteiger partial charge is 0.378 e. The molecule has 0 aromatic heterocycles. The number of carbonyl (C=O) groups excluding carboxylic acids is 1. The van der Waals surface area contributed by atoms with Crippen LogP contribution < -0.4 is 0 Å². The van der Waals surface area contributed by atoms with Gasteiger partial charge in [-0.2, -0.15) is 0 Å². The quantitative estimate of drug-likeness (QED) is 0.853. The Labute approximate surface area is 135 Å². The van der Waals surface area contributed by atoms with Crippen LogP contribution >= 0.6 is 0 Å². The molecule has 1 aromatic carbocycles. The summed E-state index contributed by atoms with van der Waals surface area (Å²) in [6.45, 7) is 4.43. The second kappa shape index (κ2) is 7.36. The number of carbonyl (C=O) groups is 1. The van der Waals surface area contributed by atoms with Crippen LogP contribution in [0.1, 0.15) is 18.4 Å². The summed E-state index contributed by atoms with van der Waals surface area (Å²) in [5, 5.41) is 0. The maximum atomic E-state index is 13.7. The van der Waals surface area contributed by atoms with Crippen molar-refractivity contribution >= 4 is 5.91 Å². The van der Waals surface area contributed by atoms with Crippen molar-refractivity contribution in [3.05, 3.63) is 35.4 Å². The van der Waals surface area contributed by atoms with Crippen molar-refractivity contribution in [2.45, 2.75) is 19.4 Å². The van der Waals surface area contributed by atoms with Crippen molar-refractivity contribution in [2.24, 2.45) is 5.92 Å². The average Bonchev–Trinajstić information content (AvgIpc) is 2.59. The molecule has 0 radical (unpaired) electrons. The molecule has 3 rings (SSSR count). The summed E-state index contributed by atoms with van der Waals surface area (Å²) in [5.41, 5.74) is 0.378. The predicted octanol–water partition coefficient (Wildman–Crippen LogP) is 2.04. The number of piperidine rings is 1. The van der Waals surface area contributed by atoms with Gasteiger partial charge in [0.25, 0.3) is 0 Å². The lowest BCUT2D eigenvalue weighted by Gasteiger charge is -2.35. The highest BCUT2D eigenvalue weighted by Crippen LogP contribution is 2.22. The second-order valence-corrected chi connectivity index (χ2v) is 6.22. The minimum Gasteiger partial charge on any atom is -0.378 e. The number of likely N-dealkylation sites (tertiary alicyclic amines) is 1. The van der Waals surface area contributed by atoms with E-state index in [0.29, 0.717) is 38.4 Å². The first-order valence-corrected chi connectivity index (χ1v) is 8.16. The number of rotatable bonds is 3. The van der Waals surface area contributed by atoms with E-state index in [0.717, 1.165) is 32.0 Å². The van der Waals surface area contributed by atoms with Crippen LogP contribution in [0.25, 0.3) is 0 Å². The first-order chi connectivity index (χ1) is 11.1. The molecule has 2 heterocycles. The van der Waals surface area contributed by atoms with E-state index in [4.69, 9.17) is 4.74 Å². The predicted molar refractivity (Wildman–Crippen MR) is 81.8 cm³/mol. The van der Waals surface area contributed by atoms with Gasteiger partial charge >= 0.3 is 0 Å². The molecule has 0 bridgehead atoms. The fraction of sp³-hybridized carbons (Fsp3) is 0.588. The Morgan fingerprint density at radius 3 is 2.52 bits per heavy atom. The summed E-state index contributed by atoms with van der Waals surface area (Å²) in [4.78, 5) is 16.4. The Kier molecular flexibility index (Phi) is 5.23. The first-order valence-electron chi connectivity index (χ1n) is 8.16. The Balaban J connectivity index is 1.52. The van der Waals surface area contributed by atoms with Crippen LogP contribution in [0.2, 0.25) is 0 Å². The third-order valence-electron chi connectivity index (χ3n) is 4.66. The van der Waals surface area contributed by atoms with Gasteiger partial charge in [0.2, 0.25) is 5.91 Å². The smallest absolute Gasteiger partial charge is 0.225 e. The van der Waals surface area contributed by atoms with E-state index < -0.39 is 5.82 Å². The van der Waals surface area contributed by atoms with Crippen molar-refractivity contribution < 1.29 is 18.3 Å². The van der Waals surface area contributed by atoms with Gasteiger partial charge in [0.15, 0.2) is 0 Å². The van der Waals surface area contributed by atoms with Crippen LogP contribution in [0.5, 0.6) is 0 Å². The zero-order valence-corrected chi connectivity index (χ0v) is 13.1. The molecule has 0 spiro atoms. The maximum Gasteiger partial charge on any atom is 0.225 e. The Morgan fingerprint density at radius 1 is 1.13 bits per heavy atom. The van der Waals surface area contributed by atoms with Crippen LogP contribution in [-0.2, 0) is 16.1 Å². The highest BCUT2D eigenvalue weighted by molar-refractivity contribution is 5.79. The van der Waals surface area contributed by atoms with Crippen molar-refractivity contribution in [1.82, 2.24) is 9.80 Å². The number of amides is 1. The zero-order valence-electron chi connectivity index (χ0n) is 13.1. The summed E-state index contributed by atoms with van der Waals surface area (Å²) in [7, 11) is 0. The lowest BCUT2D eigenvalue weighted by atomic mass is 9.94. The minimum atomic E-state index is -0.418. The molecule has 2 aliphatic heterocycles. The van der Waals surface area contributed by atoms with E-state index >= 15 is 0 Å². The van der Waals surface area contributed by atoms with Crippen molar-refractivity contribution in [3.63, 3.8) is 0 Å². The van der Waals surface area contributed by atoms with E-state index in [1.807, 2.05) is 4.90 Å². The molecule has 1 amide bonds. The Bertz CT molecular complexity index is 554. The number of hydrogen-bond acceptors (Lipinski definition) is 3. The molecular weight excluding hydrogens is 302 g/mol. The number of morpholine rings is 1. The topological polar surface area (TPSA) is 32.8 Å². The Morgan fingerprint density at radius 2 is 1.83 bits per heavy atom. The van der Waals surface area contributed by atoms with Gasteiger partial charge in [-0.1, -0.05) is 0 Å². The highest BCUT2D eigenvalue weighted by atomic mass is 19.1. The molecule has 1 aromatic rings. The van der Waals surface area contributed by atoms with E-state index in [1.165, 1.54) is 12.1 Å². The SMILES string of the molecule is O=C(C1CCN(Cc2cc(F)ccc2F)CC1)N1CCOCC1. The van der Waals surface area contributed by atoms with Gasteiger partial charge in [-0.15, -0.1) is 0 Å². The molecule has 0 N–H and O–H groups in total. The van der Waals surface area contributed by atoms with Crippen LogP contribution in [0, 0.1) is 17.6 Å². The highest BCUT2D eigenvalue weighted by Gasteiger charge is 2.29. The van der Waals surface area contributed by atoms with Gasteiger partial charge in [-0.25, -0.2) is 8.78 Å². The summed E-state index contributed by atoms with van der Waals surface area (Å²) in [6.07, 6.45) is 1.54. The fourth-order valence-corrected chi connectivity index (χ4v) is 3.29. The Hall–Kier alpha value is -1.53. The summed E-state index contributed by atoms with van der Waals surface area (Å²) in [5.74, 6) is -0.539. The zero-order chi connectivity index (χ0) is 16.2. The summed E-state index contributed by atoms with van der Waals surface area (Å²) < 4.78 is 32.2. The van der Waals surface area contributed by atoms with Crippen molar-refractivity contribution in [2.75, 3.05) is 39.4 Å². The minimum absolute atomic E-state index is 0.0432. The molecule has 0 saturated carbocycles. The molecule has 0 aliphatic carbocycles. The van der Waals surface area contributed by atoms with Crippen molar-refractivity contribution in [1.29, 1.82) is 0 Å². The monoisotopic (exact) mass is 324 g/mol. The molecule has 4 nitrogen and oxygen atoms in total. The lowest BCUT2D eigenvalue weighted by molar-refractivity contribution is -0.141. The molecule has 2 saturated heterocycles. The first kappa shape index (κ1) is 16.3. The van der Waals surface area contributed by atoms with Crippen LogP contribution in [0.15, 0.2) is 18.2 Å². The normalized spacial score (nSPS) is 20.7. The lowest BCUT2D eigenvalue weighted by Crippen LogP contribution is -2.46. The third kappa shape index (κ3) is 4.06. The van der Waals surface area contributed by atoms with E-state index in [-0.39, 0.29) is 17.6 Å². The molecule has 2 aliphatic rings. The molecular formula is C17H22F2N2O2. The number of nitrogens with zero attached hydrogens (tertiary/aromatic N) is 2. The summed E-state index contributed by atoms with van der Waals surface area (Å²) >= 11 is 0. The number of ether oxygens (including phenoxy) is 1. The second-order valence-electron chi connectivity index (χ2n) is 6.22. The average molecular weight is 324 g/mol. The maximum absolute atomic E-state index is 13.7. The van der Waals surface area contributed by atoms with Crippen LogP contribution in [0.4, 0.5) is 8.78 Å². The van der Waals surface area contributed by atoms with Crippen LogP contribution in [-0.4, -0.2) is 55.1 Å². The standard InChI is InChI=1S/C17H22F2N2O2/c18-15-1-2-16(19)14(11-15)12-20-5-3-13(4-6-20)17(22)21-7-9-23-10-8-21/h1-2,11,13H,3-10,12H2. The molecule has 6 heteroatoms. The number of hydrogen-bond donors (Lipinski definition) is 0. The molecule has 0 atom stereocenters. The van der Waals surface area contributed by atoms with Gasteiger partial charge in [0, 0.05) is 31.1 Å². The van der Waals surface area contributed by atoms with Crippen LogP contribution in [0.3, 0.4) is 0 Å². The van der Waals surface area contributed by atoms with Gasteiger partial charge in [0.05, 0.1) is 13.2 Å². The fourth-order valence-electron chi connectivity index (χ4n) is 3.29. The van der Waals surface area contributed by atoms with Gasteiger partial charge in [-0.3, -0.25) is 9.69 Å². The van der Waals surface area contributed by atoms with Gasteiger partial charge < -0.3 is 9.64 Å². The van der Waals surface area contributed by atoms with Gasteiger partial charge in [0.1, 0.15) is 11.6 Å². The van der Waals surface area contributed by atoms with Crippen molar-refractivity contribution in [3.8, 4) is 0 Å². The molecule has 23 heavy (non-hydrogen) atoms. The van der Waals surface area contributed by atoms with E-state index in [1.54, 1.807) is 0 Å². The summed E-state index contributed by atoms with van der Waals surface area (Å²) in [6, 6.07) is 3.55. The molecule has 126 valence electrons. The van der Waals surface area contributed by atoms with Gasteiger partial charge in [-0.05, 0) is 44.1 Å². The third-order valence-corrected chi connectivity index (χ3v) is 4.66.